The largest absolute Gasteiger partial charge is 0.456 e. The van der Waals surface area contributed by atoms with Crippen LogP contribution in [0.4, 0.5) is 17.1 Å². The van der Waals surface area contributed by atoms with Crippen molar-refractivity contribution in [1.29, 1.82) is 0 Å². The molecule has 0 amide bonds. The van der Waals surface area contributed by atoms with Crippen LogP contribution in [0.1, 0.15) is 0 Å². The normalized spacial score (nSPS) is 12.0. The van der Waals surface area contributed by atoms with Gasteiger partial charge < -0.3 is 13.9 Å². The van der Waals surface area contributed by atoms with E-state index < -0.39 is 0 Å². The molecule has 3 aromatic heterocycles. The maximum Gasteiger partial charge on any atom is 0.137 e. The predicted octanol–water partition coefficient (Wildman–Crippen LogP) is 13.7. The monoisotopic (exact) mass is 656 g/mol. The van der Waals surface area contributed by atoms with E-state index in [1.807, 2.05) is 23.5 Å². The van der Waals surface area contributed by atoms with Crippen LogP contribution >= 0.6 is 11.3 Å². The number of benzene rings is 8. The fourth-order valence-corrected chi connectivity index (χ4v) is 9.06. The summed E-state index contributed by atoms with van der Waals surface area (Å²) in [5.41, 5.74) is 8.49. The van der Waals surface area contributed by atoms with Crippen LogP contribution in [-0.2, 0) is 0 Å². The van der Waals surface area contributed by atoms with Gasteiger partial charge in [-0.3, -0.25) is 0 Å². The highest BCUT2D eigenvalue weighted by Gasteiger charge is 2.20. The Hall–Kier alpha value is -6.36. The second-order valence-electron chi connectivity index (χ2n) is 12.9. The first-order valence-corrected chi connectivity index (χ1v) is 17.7. The van der Waals surface area contributed by atoms with Crippen LogP contribution in [-0.4, -0.2) is 4.57 Å². The maximum atomic E-state index is 6.42. The molecule has 0 spiro atoms. The topological polar surface area (TPSA) is 21.3 Å². The van der Waals surface area contributed by atoms with Gasteiger partial charge in [-0.15, -0.1) is 11.3 Å². The highest BCUT2D eigenvalue weighted by atomic mass is 32.1. The third-order valence-electron chi connectivity index (χ3n) is 10.2. The molecule has 0 bridgehead atoms. The average Bonchev–Trinajstić information content (AvgIpc) is 3.84. The predicted molar refractivity (Wildman–Crippen MR) is 213 cm³/mol. The Bertz CT molecular complexity index is 3110. The Morgan fingerprint density at radius 1 is 0.420 bits per heavy atom. The minimum atomic E-state index is 0.875. The second kappa shape index (κ2) is 10.6. The van der Waals surface area contributed by atoms with E-state index in [2.05, 4.69) is 167 Å². The van der Waals surface area contributed by atoms with Gasteiger partial charge in [0.1, 0.15) is 11.2 Å². The van der Waals surface area contributed by atoms with Gasteiger partial charge in [-0.05, 0) is 83.6 Å². The summed E-state index contributed by atoms with van der Waals surface area (Å²) in [5, 5.41) is 9.86. The molecule has 8 aromatic carbocycles. The first-order chi connectivity index (χ1) is 24.8. The Morgan fingerprint density at radius 3 is 1.94 bits per heavy atom. The van der Waals surface area contributed by atoms with Crippen LogP contribution in [0.15, 0.2) is 174 Å². The Kier molecular flexibility index (Phi) is 5.83. The number of nitrogens with zero attached hydrogens (tertiary/aromatic N) is 2. The van der Waals surface area contributed by atoms with Gasteiger partial charge >= 0.3 is 0 Å². The van der Waals surface area contributed by atoms with E-state index in [0.29, 0.717) is 0 Å². The van der Waals surface area contributed by atoms with Gasteiger partial charge in [0.2, 0.25) is 0 Å². The summed E-state index contributed by atoms with van der Waals surface area (Å²) >= 11 is 1.86. The van der Waals surface area contributed by atoms with Crippen molar-refractivity contribution >= 4 is 103 Å². The van der Waals surface area contributed by atoms with Crippen molar-refractivity contribution in [2.45, 2.75) is 0 Å². The summed E-state index contributed by atoms with van der Waals surface area (Å²) in [6.07, 6.45) is 0. The summed E-state index contributed by atoms with van der Waals surface area (Å²) in [6, 6.07) is 61.3. The number of anilines is 3. The smallest absolute Gasteiger partial charge is 0.137 e. The Labute approximate surface area is 291 Å². The van der Waals surface area contributed by atoms with Crippen molar-refractivity contribution in [3.05, 3.63) is 170 Å². The van der Waals surface area contributed by atoms with Gasteiger partial charge in [0.15, 0.2) is 0 Å². The van der Waals surface area contributed by atoms with Crippen LogP contribution in [0.25, 0.3) is 80.4 Å². The first kappa shape index (κ1) is 27.6. The fourth-order valence-electron chi connectivity index (χ4n) is 7.93. The van der Waals surface area contributed by atoms with Crippen LogP contribution in [0.5, 0.6) is 0 Å². The van der Waals surface area contributed by atoms with Gasteiger partial charge in [-0.1, -0.05) is 91.0 Å². The van der Waals surface area contributed by atoms with Gasteiger partial charge in [0.25, 0.3) is 0 Å². The molecule has 11 rings (SSSR count). The quantitative estimate of drug-likeness (QED) is 0.188. The van der Waals surface area contributed by atoms with Crippen LogP contribution in [0, 0.1) is 0 Å². The molecule has 0 aliphatic heterocycles. The van der Waals surface area contributed by atoms with E-state index in [-0.39, 0.29) is 0 Å². The lowest BCUT2D eigenvalue weighted by atomic mass is 10.0. The first-order valence-electron chi connectivity index (χ1n) is 16.9. The Morgan fingerprint density at radius 2 is 1.06 bits per heavy atom. The summed E-state index contributed by atoms with van der Waals surface area (Å²) in [5.74, 6) is 0. The molecule has 0 atom stereocenters. The van der Waals surface area contributed by atoms with Crippen molar-refractivity contribution in [2.24, 2.45) is 0 Å². The zero-order chi connectivity index (χ0) is 32.8. The number of aromatic nitrogens is 1. The highest BCUT2D eigenvalue weighted by molar-refractivity contribution is 7.26. The number of hydrogen-bond acceptors (Lipinski definition) is 3. The van der Waals surface area contributed by atoms with Crippen molar-refractivity contribution in [1.82, 2.24) is 4.57 Å². The molecule has 50 heavy (non-hydrogen) atoms. The molecule has 3 nitrogen and oxygen atoms in total. The summed E-state index contributed by atoms with van der Waals surface area (Å²) in [7, 11) is 0. The zero-order valence-electron chi connectivity index (χ0n) is 26.9. The molecule has 0 saturated carbocycles. The van der Waals surface area contributed by atoms with E-state index in [1.54, 1.807) is 0 Å². The van der Waals surface area contributed by atoms with E-state index >= 15 is 0 Å². The lowest BCUT2D eigenvalue weighted by Gasteiger charge is -2.26. The molecule has 0 unspecified atom stereocenters. The average molecular weight is 657 g/mol. The lowest BCUT2D eigenvalue weighted by Crippen LogP contribution is -2.10. The molecule has 0 radical (unpaired) electrons. The van der Waals surface area contributed by atoms with Crippen molar-refractivity contribution in [3.63, 3.8) is 0 Å². The molecule has 0 aliphatic carbocycles. The van der Waals surface area contributed by atoms with Gasteiger partial charge in [-0.2, -0.15) is 0 Å². The molecule has 0 fully saturated rings. The van der Waals surface area contributed by atoms with Crippen LogP contribution in [0.3, 0.4) is 0 Å². The minimum Gasteiger partial charge on any atom is -0.456 e. The van der Waals surface area contributed by atoms with Crippen molar-refractivity contribution in [3.8, 4) is 5.69 Å². The number of rotatable bonds is 4. The summed E-state index contributed by atoms with van der Waals surface area (Å²) in [6.45, 7) is 0. The number of fused-ring (bicyclic) bond motifs is 11. The van der Waals surface area contributed by atoms with Gasteiger partial charge in [0, 0.05) is 70.5 Å². The highest BCUT2D eigenvalue weighted by Crippen LogP contribution is 2.44. The van der Waals surface area contributed by atoms with Crippen molar-refractivity contribution < 1.29 is 4.42 Å². The Balaban J connectivity index is 1.17. The molecule has 234 valence electrons. The third-order valence-corrected chi connectivity index (χ3v) is 11.3. The number of para-hydroxylation sites is 3. The molecule has 3 heterocycles. The second-order valence-corrected chi connectivity index (χ2v) is 14.0. The number of thiophene rings is 1. The minimum absolute atomic E-state index is 0.875. The van der Waals surface area contributed by atoms with Crippen LogP contribution < -0.4 is 4.90 Å². The number of hydrogen-bond donors (Lipinski definition) is 0. The molecule has 11 aromatic rings. The van der Waals surface area contributed by atoms with E-state index in [0.717, 1.165) is 50.2 Å². The zero-order valence-corrected chi connectivity index (χ0v) is 27.7. The van der Waals surface area contributed by atoms with E-state index in [4.69, 9.17) is 4.42 Å². The van der Waals surface area contributed by atoms with Crippen molar-refractivity contribution in [2.75, 3.05) is 4.90 Å². The third kappa shape index (κ3) is 4.03. The summed E-state index contributed by atoms with van der Waals surface area (Å²) < 4.78 is 11.4. The van der Waals surface area contributed by atoms with E-state index in [1.165, 1.54) is 47.2 Å². The SMILES string of the molecule is c1ccc(-n2c3ccccc3c3ccc(N(c4ccc5c(ccc6sc7ccccc7c65)c4)c4ccc5c(c4)oc4ccccc45)cc32)cc1. The molecule has 0 saturated heterocycles. The summed E-state index contributed by atoms with van der Waals surface area (Å²) in [4.78, 5) is 2.37. The molecular formula is C46H28N2OS. The van der Waals surface area contributed by atoms with Gasteiger partial charge in [0.05, 0.1) is 11.0 Å². The molecule has 0 N–H and O–H groups in total. The maximum absolute atomic E-state index is 6.42. The van der Waals surface area contributed by atoms with Gasteiger partial charge in [-0.25, -0.2) is 0 Å². The fraction of sp³-hybridized carbons (Fsp3) is 0. The van der Waals surface area contributed by atoms with E-state index in [9.17, 15) is 0 Å². The molecule has 0 aliphatic rings. The van der Waals surface area contributed by atoms with Crippen LogP contribution in [0.2, 0.25) is 0 Å². The standard InChI is InChI=1S/C46H28N2OS/c1-2-10-30(11-3-1)48-40-15-7-4-12-35(40)36-23-20-32(27-41(36)48)47(33-21-24-38-37-13-5-8-16-42(37)49-43(38)28-33)31-19-22-34-29(26-31)18-25-45-46(34)39-14-6-9-17-44(39)50-45/h1-28H. The molecule has 4 heteroatoms. The lowest BCUT2D eigenvalue weighted by molar-refractivity contribution is 0.669. The number of furan rings is 1. The molecular weight excluding hydrogens is 629 g/mol.